The molecule has 2 aromatic heterocycles. The summed E-state index contributed by atoms with van der Waals surface area (Å²) in [6.07, 6.45) is 2.14. The first kappa shape index (κ1) is 16.5. The van der Waals surface area contributed by atoms with E-state index in [4.69, 9.17) is 4.42 Å². The van der Waals surface area contributed by atoms with Gasteiger partial charge in [-0.05, 0) is 30.7 Å². The highest BCUT2D eigenvalue weighted by Gasteiger charge is 2.26. The fourth-order valence-electron chi connectivity index (χ4n) is 2.97. The number of carbonyl (C=O) groups is 2. The van der Waals surface area contributed by atoms with Crippen molar-refractivity contribution in [1.29, 1.82) is 0 Å². The lowest BCUT2D eigenvalue weighted by molar-refractivity contribution is 0.0735. The van der Waals surface area contributed by atoms with E-state index in [0.29, 0.717) is 24.6 Å². The molecule has 0 saturated heterocycles. The van der Waals surface area contributed by atoms with E-state index in [-0.39, 0.29) is 17.6 Å². The van der Waals surface area contributed by atoms with Crippen LogP contribution in [0.4, 0.5) is 5.13 Å². The van der Waals surface area contributed by atoms with Crippen LogP contribution in [0.25, 0.3) is 0 Å². The molecular weight excluding hydrogens is 350 g/mol. The van der Waals surface area contributed by atoms with Crippen molar-refractivity contribution in [3.8, 4) is 0 Å². The first-order valence-corrected chi connectivity index (χ1v) is 9.12. The van der Waals surface area contributed by atoms with E-state index in [2.05, 4.69) is 10.3 Å². The van der Waals surface area contributed by atoms with Crippen LogP contribution >= 0.6 is 11.3 Å². The van der Waals surface area contributed by atoms with Crippen molar-refractivity contribution in [2.45, 2.75) is 19.9 Å². The summed E-state index contributed by atoms with van der Waals surface area (Å²) >= 11 is 1.40. The number of rotatable bonds is 3. The van der Waals surface area contributed by atoms with E-state index in [1.54, 1.807) is 12.1 Å². The van der Waals surface area contributed by atoms with Crippen LogP contribution in [-0.4, -0.2) is 28.2 Å². The number of fused-ring (bicyclic) bond motifs is 1. The zero-order valence-electron chi connectivity index (χ0n) is 14.2. The number of carbonyl (C=O) groups excluding carboxylic acids is 2. The zero-order valence-corrected chi connectivity index (χ0v) is 15.0. The smallest absolute Gasteiger partial charge is 0.293 e. The summed E-state index contributed by atoms with van der Waals surface area (Å²) in [7, 11) is 0. The van der Waals surface area contributed by atoms with E-state index < -0.39 is 0 Å². The lowest BCUT2D eigenvalue weighted by Gasteiger charge is -2.26. The molecule has 26 heavy (non-hydrogen) atoms. The minimum atomic E-state index is -0.325. The Morgan fingerprint density at radius 2 is 2.08 bits per heavy atom. The van der Waals surface area contributed by atoms with Gasteiger partial charge < -0.3 is 9.32 Å². The van der Waals surface area contributed by atoms with E-state index in [9.17, 15) is 9.59 Å². The number of furan rings is 1. The van der Waals surface area contributed by atoms with Gasteiger partial charge in [-0.15, -0.1) is 0 Å². The fourth-order valence-corrected chi connectivity index (χ4v) is 3.99. The monoisotopic (exact) mass is 367 g/mol. The summed E-state index contributed by atoms with van der Waals surface area (Å²) < 4.78 is 5.09. The molecular formula is C19H17N3O3S. The second-order valence-corrected chi connectivity index (χ2v) is 7.20. The summed E-state index contributed by atoms with van der Waals surface area (Å²) in [5.41, 5.74) is 2.64. The van der Waals surface area contributed by atoms with Crippen molar-refractivity contribution in [3.63, 3.8) is 0 Å². The van der Waals surface area contributed by atoms with Crippen LogP contribution in [0.15, 0.2) is 47.1 Å². The van der Waals surface area contributed by atoms with Crippen LogP contribution in [-0.2, 0) is 13.0 Å². The third-order valence-electron chi connectivity index (χ3n) is 4.36. The van der Waals surface area contributed by atoms with Crippen LogP contribution < -0.4 is 5.32 Å². The van der Waals surface area contributed by atoms with E-state index in [1.807, 2.05) is 36.1 Å². The lowest BCUT2D eigenvalue weighted by Crippen LogP contribution is -2.35. The molecule has 4 rings (SSSR count). The Morgan fingerprint density at radius 3 is 2.85 bits per heavy atom. The van der Waals surface area contributed by atoms with Gasteiger partial charge in [-0.1, -0.05) is 29.5 Å². The van der Waals surface area contributed by atoms with Gasteiger partial charge in [0.25, 0.3) is 11.8 Å². The summed E-state index contributed by atoms with van der Waals surface area (Å²) in [5, 5.41) is 3.29. The van der Waals surface area contributed by atoms with E-state index >= 15 is 0 Å². The number of nitrogens with zero attached hydrogens (tertiary/aromatic N) is 2. The third kappa shape index (κ3) is 3.13. The number of anilines is 1. The van der Waals surface area contributed by atoms with Gasteiger partial charge in [0.2, 0.25) is 0 Å². The molecule has 0 radical (unpaired) electrons. The van der Waals surface area contributed by atoms with Crippen molar-refractivity contribution < 1.29 is 14.0 Å². The molecule has 132 valence electrons. The first-order valence-electron chi connectivity index (χ1n) is 8.30. The lowest BCUT2D eigenvalue weighted by atomic mass is 10.1. The molecule has 7 heteroatoms. The summed E-state index contributed by atoms with van der Waals surface area (Å²) in [5.74, 6) is -0.0493. The molecule has 0 fully saturated rings. The molecule has 0 bridgehead atoms. The summed E-state index contributed by atoms with van der Waals surface area (Å²) in [6.45, 7) is 3.07. The fraction of sp³-hybridized carbons (Fsp3) is 0.211. The minimum Gasteiger partial charge on any atom is -0.459 e. The summed E-state index contributed by atoms with van der Waals surface area (Å²) in [6, 6.07) is 10.9. The van der Waals surface area contributed by atoms with Gasteiger partial charge >= 0.3 is 0 Å². The second kappa shape index (κ2) is 6.76. The Balaban J connectivity index is 1.49. The number of aryl methyl sites for hydroxylation is 1. The molecule has 0 aliphatic carbocycles. The molecule has 3 heterocycles. The number of hydrogen-bond acceptors (Lipinski definition) is 5. The minimum absolute atomic E-state index is 0.0309. The number of benzene rings is 1. The van der Waals surface area contributed by atoms with Crippen LogP contribution in [0.2, 0.25) is 0 Å². The standard InChI is InChI=1S/C19H17N3O3S/c1-12-5-2-3-6-13(12)18(24)22-9-8-14-16(11-22)26-19(20-14)21-17(23)15-7-4-10-25-15/h2-7,10H,8-9,11H2,1H3,(H,20,21,23). The van der Waals surface area contributed by atoms with Gasteiger partial charge in [-0.25, -0.2) is 4.98 Å². The molecule has 1 aliphatic rings. The topological polar surface area (TPSA) is 75.4 Å². The van der Waals surface area contributed by atoms with Crippen LogP contribution in [0.5, 0.6) is 0 Å². The van der Waals surface area contributed by atoms with Crippen molar-refractivity contribution in [1.82, 2.24) is 9.88 Å². The molecule has 1 N–H and O–H groups in total. The maximum Gasteiger partial charge on any atom is 0.293 e. The Labute approximate surface area is 154 Å². The molecule has 1 aromatic carbocycles. The number of hydrogen-bond donors (Lipinski definition) is 1. The van der Waals surface area contributed by atoms with E-state index in [1.165, 1.54) is 17.6 Å². The molecule has 0 spiro atoms. The SMILES string of the molecule is Cc1ccccc1C(=O)N1CCc2nc(NC(=O)c3ccco3)sc2C1. The van der Waals surface area contributed by atoms with Crippen LogP contribution in [0.1, 0.15) is 37.0 Å². The number of nitrogens with one attached hydrogen (secondary N) is 1. The molecule has 1 aliphatic heterocycles. The van der Waals surface area contributed by atoms with Crippen LogP contribution in [0.3, 0.4) is 0 Å². The average molecular weight is 367 g/mol. The highest BCUT2D eigenvalue weighted by Crippen LogP contribution is 2.29. The Bertz CT molecular complexity index is 962. The van der Waals surface area contributed by atoms with Crippen LogP contribution in [0, 0.1) is 6.92 Å². The Hall–Kier alpha value is -2.93. The van der Waals surface area contributed by atoms with Crippen molar-refractivity contribution in [2.75, 3.05) is 11.9 Å². The van der Waals surface area contributed by atoms with Gasteiger partial charge in [-0.3, -0.25) is 14.9 Å². The molecule has 0 atom stereocenters. The van der Waals surface area contributed by atoms with Crippen molar-refractivity contribution in [3.05, 3.63) is 70.1 Å². The van der Waals surface area contributed by atoms with Gasteiger partial charge in [0.15, 0.2) is 10.9 Å². The molecule has 2 amide bonds. The Kier molecular flexibility index (Phi) is 4.30. The molecule has 0 saturated carbocycles. The predicted molar refractivity (Wildman–Crippen MR) is 98.4 cm³/mol. The maximum atomic E-state index is 12.8. The second-order valence-electron chi connectivity index (χ2n) is 6.11. The number of amides is 2. The van der Waals surface area contributed by atoms with Crippen molar-refractivity contribution in [2.24, 2.45) is 0 Å². The largest absolute Gasteiger partial charge is 0.459 e. The highest BCUT2D eigenvalue weighted by atomic mass is 32.1. The zero-order chi connectivity index (χ0) is 18.1. The quantitative estimate of drug-likeness (QED) is 0.769. The Morgan fingerprint density at radius 1 is 1.23 bits per heavy atom. The van der Waals surface area contributed by atoms with Gasteiger partial charge in [0.1, 0.15) is 0 Å². The normalized spacial score (nSPS) is 13.3. The highest BCUT2D eigenvalue weighted by molar-refractivity contribution is 7.15. The number of aromatic nitrogens is 1. The predicted octanol–water partition coefficient (Wildman–Crippen LogP) is 3.50. The molecule has 3 aromatic rings. The van der Waals surface area contributed by atoms with Gasteiger partial charge in [0.05, 0.1) is 18.5 Å². The average Bonchev–Trinajstić information content (AvgIpc) is 3.30. The molecule has 6 nitrogen and oxygen atoms in total. The summed E-state index contributed by atoms with van der Waals surface area (Å²) in [4.78, 5) is 32.2. The molecule has 0 unspecified atom stereocenters. The first-order chi connectivity index (χ1) is 12.6. The number of thiazole rings is 1. The van der Waals surface area contributed by atoms with E-state index in [0.717, 1.165) is 21.7 Å². The van der Waals surface area contributed by atoms with Gasteiger partial charge in [-0.2, -0.15) is 0 Å². The van der Waals surface area contributed by atoms with Gasteiger partial charge in [0, 0.05) is 23.4 Å². The van der Waals surface area contributed by atoms with Crippen molar-refractivity contribution >= 4 is 28.3 Å². The third-order valence-corrected chi connectivity index (χ3v) is 5.36. The maximum absolute atomic E-state index is 12.8.